The van der Waals surface area contributed by atoms with Crippen molar-refractivity contribution in [3.63, 3.8) is 0 Å². The summed E-state index contributed by atoms with van der Waals surface area (Å²) in [6.07, 6.45) is 58.6. The molecule has 404 valence electrons. The molecule has 68 heavy (non-hydrogen) atoms. The fourth-order valence-corrected chi connectivity index (χ4v) is 9.46. The van der Waals surface area contributed by atoms with Gasteiger partial charge in [0.1, 0.15) is 19.8 Å². The fourth-order valence-electron chi connectivity index (χ4n) is 8.72. The Labute approximate surface area is 422 Å². The van der Waals surface area contributed by atoms with Crippen LogP contribution >= 0.6 is 7.82 Å². The van der Waals surface area contributed by atoms with Gasteiger partial charge in [-0.1, -0.05) is 257 Å². The van der Waals surface area contributed by atoms with E-state index < -0.39 is 26.5 Å². The molecule has 0 bridgehead atoms. The van der Waals surface area contributed by atoms with E-state index in [2.05, 4.69) is 26.0 Å². The Balaban J connectivity index is 4.04. The number of phosphoric ester groups is 1. The van der Waals surface area contributed by atoms with Gasteiger partial charge in [-0.25, -0.2) is 4.57 Å². The van der Waals surface area contributed by atoms with Gasteiger partial charge in [0.05, 0.1) is 27.7 Å². The zero-order valence-corrected chi connectivity index (χ0v) is 46.8. The number of rotatable bonds is 55. The Morgan fingerprint density at radius 3 is 1.09 bits per heavy atom. The van der Waals surface area contributed by atoms with Gasteiger partial charge in [0.2, 0.25) is 0 Å². The summed E-state index contributed by atoms with van der Waals surface area (Å²) < 4.78 is 34.6. The maximum atomic E-state index is 12.8. The fraction of sp³-hybridized carbons (Fsp3) is 0.931. The van der Waals surface area contributed by atoms with Crippen molar-refractivity contribution in [3.8, 4) is 0 Å². The Morgan fingerprint density at radius 1 is 0.441 bits per heavy atom. The number of esters is 2. The van der Waals surface area contributed by atoms with Crippen LogP contribution in [0.15, 0.2) is 12.2 Å². The topological polar surface area (TPSA) is 108 Å². The van der Waals surface area contributed by atoms with E-state index in [1.54, 1.807) is 0 Å². The molecule has 0 radical (unpaired) electrons. The lowest BCUT2D eigenvalue weighted by molar-refractivity contribution is -0.870. The van der Waals surface area contributed by atoms with Crippen LogP contribution in [0.2, 0.25) is 0 Å². The van der Waals surface area contributed by atoms with Crippen LogP contribution in [0.25, 0.3) is 0 Å². The normalized spacial score (nSPS) is 13.3. The molecule has 0 aromatic rings. The molecule has 0 aliphatic heterocycles. The lowest BCUT2D eigenvalue weighted by atomic mass is 10.0. The number of hydrogen-bond donors (Lipinski definition) is 1. The van der Waals surface area contributed by atoms with Gasteiger partial charge in [-0.2, -0.15) is 0 Å². The Hall–Kier alpha value is -1.25. The van der Waals surface area contributed by atoms with Crippen molar-refractivity contribution in [2.45, 2.75) is 302 Å². The molecule has 0 aliphatic rings. The van der Waals surface area contributed by atoms with Crippen LogP contribution in [0.1, 0.15) is 296 Å². The molecule has 0 aromatic carbocycles. The maximum Gasteiger partial charge on any atom is 0.472 e. The van der Waals surface area contributed by atoms with Crippen molar-refractivity contribution in [1.82, 2.24) is 0 Å². The van der Waals surface area contributed by atoms with Crippen LogP contribution in [0.5, 0.6) is 0 Å². The second-order valence-corrected chi connectivity index (χ2v) is 22.8. The van der Waals surface area contributed by atoms with E-state index >= 15 is 0 Å². The molecule has 0 spiro atoms. The molecule has 0 fully saturated rings. The van der Waals surface area contributed by atoms with Crippen molar-refractivity contribution in [1.29, 1.82) is 0 Å². The summed E-state index contributed by atoms with van der Waals surface area (Å²) >= 11 is 0. The average Bonchev–Trinajstić information content (AvgIpc) is 3.30. The zero-order valence-electron chi connectivity index (χ0n) is 45.9. The van der Waals surface area contributed by atoms with Crippen LogP contribution in [-0.4, -0.2) is 74.9 Å². The van der Waals surface area contributed by atoms with E-state index in [9.17, 15) is 19.0 Å². The van der Waals surface area contributed by atoms with Crippen LogP contribution in [0.3, 0.4) is 0 Å². The monoisotopic (exact) mass is 985 g/mol. The first kappa shape index (κ1) is 66.8. The average molecular weight is 986 g/mol. The molecular formula is C58H115NO8P+. The van der Waals surface area contributed by atoms with Crippen molar-refractivity contribution in [2.75, 3.05) is 47.5 Å². The van der Waals surface area contributed by atoms with E-state index in [0.717, 1.165) is 38.5 Å². The predicted molar refractivity (Wildman–Crippen MR) is 289 cm³/mol. The minimum atomic E-state index is -4.38. The zero-order chi connectivity index (χ0) is 49.9. The molecule has 0 saturated heterocycles. The van der Waals surface area contributed by atoms with Crippen molar-refractivity contribution >= 4 is 19.8 Å². The minimum Gasteiger partial charge on any atom is -0.462 e. The van der Waals surface area contributed by atoms with E-state index in [1.807, 2.05) is 21.1 Å². The van der Waals surface area contributed by atoms with Gasteiger partial charge < -0.3 is 18.9 Å². The summed E-state index contributed by atoms with van der Waals surface area (Å²) in [5, 5.41) is 0. The summed E-state index contributed by atoms with van der Waals surface area (Å²) in [4.78, 5) is 35.6. The first-order valence-corrected chi connectivity index (χ1v) is 30.9. The Kier molecular flexibility index (Phi) is 49.8. The highest BCUT2D eigenvalue weighted by molar-refractivity contribution is 7.47. The van der Waals surface area contributed by atoms with Crippen molar-refractivity contribution in [2.24, 2.45) is 0 Å². The SMILES string of the molecule is CCCCCCCCCC/C=C\CCCCCCCCCCCCCCCCCCCC(=O)OC(COC(=O)CCCCCCCCCCCCCCCCC)COP(=O)(O)OCC[N+](C)(C)C. The van der Waals surface area contributed by atoms with Crippen LogP contribution in [0.4, 0.5) is 0 Å². The standard InChI is InChI=1S/C58H114NO8P/c1-6-8-10-12-14-16-18-20-22-23-24-25-26-27-28-29-30-31-32-33-34-35-37-39-41-43-45-47-49-51-58(61)67-56(55-66-68(62,63)65-53-52-59(3,4)5)54-64-57(60)50-48-46-44-42-40-38-36-21-19-17-15-13-11-9-7-2/h23-24,56H,6-22,25-55H2,1-5H3/p+1/b24-23-. The molecule has 10 heteroatoms. The van der Waals surface area contributed by atoms with Crippen molar-refractivity contribution < 1.29 is 42.1 Å². The molecule has 0 rings (SSSR count). The number of quaternary nitrogens is 1. The van der Waals surface area contributed by atoms with Gasteiger partial charge in [0.15, 0.2) is 6.10 Å². The number of hydrogen-bond acceptors (Lipinski definition) is 7. The number of nitrogens with zero attached hydrogens (tertiary/aromatic N) is 1. The number of phosphoric acid groups is 1. The lowest BCUT2D eigenvalue weighted by Crippen LogP contribution is -2.37. The second kappa shape index (κ2) is 50.7. The van der Waals surface area contributed by atoms with Gasteiger partial charge in [-0.05, 0) is 38.5 Å². The third-order valence-electron chi connectivity index (χ3n) is 13.3. The minimum absolute atomic E-state index is 0.0361. The quantitative estimate of drug-likeness (QED) is 0.0211. The van der Waals surface area contributed by atoms with Crippen LogP contribution in [0, 0.1) is 0 Å². The third-order valence-corrected chi connectivity index (χ3v) is 14.3. The van der Waals surface area contributed by atoms with Gasteiger partial charge in [-0.3, -0.25) is 18.6 Å². The second-order valence-electron chi connectivity index (χ2n) is 21.4. The number of allylic oxidation sites excluding steroid dienone is 2. The summed E-state index contributed by atoms with van der Waals surface area (Å²) in [5.74, 6) is -0.778. The highest BCUT2D eigenvalue weighted by Crippen LogP contribution is 2.43. The van der Waals surface area contributed by atoms with Gasteiger partial charge in [0.25, 0.3) is 0 Å². The molecule has 0 amide bonds. The molecular weight excluding hydrogens is 870 g/mol. The molecule has 0 aromatic heterocycles. The molecule has 0 aliphatic carbocycles. The number of carbonyl (C=O) groups is 2. The number of unbranched alkanes of at least 4 members (excludes halogenated alkanes) is 39. The molecule has 2 atom stereocenters. The van der Waals surface area contributed by atoms with E-state index in [0.29, 0.717) is 17.4 Å². The van der Waals surface area contributed by atoms with Gasteiger partial charge in [-0.15, -0.1) is 0 Å². The number of ether oxygens (including phenoxy) is 2. The summed E-state index contributed by atoms with van der Waals surface area (Å²) in [6.45, 7) is 4.49. The Morgan fingerprint density at radius 2 is 0.750 bits per heavy atom. The lowest BCUT2D eigenvalue weighted by Gasteiger charge is -2.24. The molecule has 2 unspecified atom stereocenters. The molecule has 0 heterocycles. The molecule has 9 nitrogen and oxygen atoms in total. The molecule has 0 saturated carbocycles. The highest BCUT2D eigenvalue weighted by atomic mass is 31.2. The smallest absolute Gasteiger partial charge is 0.462 e. The van der Waals surface area contributed by atoms with E-state index in [-0.39, 0.29) is 25.6 Å². The number of carbonyl (C=O) groups excluding carboxylic acids is 2. The number of likely N-dealkylation sites (N-methyl/N-ethyl adjacent to an activating group) is 1. The first-order chi connectivity index (χ1) is 33.0. The van der Waals surface area contributed by atoms with E-state index in [1.165, 1.54) is 231 Å². The highest BCUT2D eigenvalue weighted by Gasteiger charge is 2.27. The summed E-state index contributed by atoms with van der Waals surface area (Å²) in [7, 11) is 1.50. The van der Waals surface area contributed by atoms with Crippen molar-refractivity contribution in [3.05, 3.63) is 12.2 Å². The van der Waals surface area contributed by atoms with E-state index in [4.69, 9.17) is 18.5 Å². The van der Waals surface area contributed by atoms with Crippen LogP contribution in [-0.2, 0) is 32.7 Å². The summed E-state index contributed by atoms with van der Waals surface area (Å²) in [6, 6.07) is 0. The summed E-state index contributed by atoms with van der Waals surface area (Å²) in [5.41, 5.74) is 0. The third kappa shape index (κ3) is 54.1. The Bertz CT molecular complexity index is 1160. The van der Waals surface area contributed by atoms with Gasteiger partial charge in [0, 0.05) is 12.8 Å². The first-order valence-electron chi connectivity index (χ1n) is 29.4. The van der Waals surface area contributed by atoms with Gasteiger partial charge >= 0.3 is 19.8 Å². The molecule has 1 N–H and O–H groups in total. The predicted octanol–water partition coefficient (Wildman–Crippen LogP) is 18.0. The van der Waals surface area contributed by atoms with Crippen LogP contribution < -0.4 is 0 Å². The largest absolute Gasteiger partial charge is 0.472 e. The maximum absolute atomic E-state index is 12.8.